The zero-order valence-corrected chi connectivity index (χ0v) is 16.2. The first-order valence-electron chi connectivity index (χ1n) is 10.4. The molecule has 2 heterocycles. The molecule has 6 rings (SSSR count). The number of hydrogen-bond acceptors (Lipinski definition) is 3. The molecule has 162 valence electrons. The molecule has 5 nitrogen and oxygen atoms in total. The molecule has 0 unspecified atom stereocenters. The van der Waals surface area contributed by atoms with Crippen LogP contribution in [0.25, 0.3) is 0 Å². The molecular formula is C21H23F4N3O2. The van der Waals surface area contributed by atoms with Gasteiger partial charge in [0.25, 0.3) is 18.8 Å². The number of alkyl halides is 4. The van der Waals surface area contributed by atoms with E-state index in [0.717, 1.165) is 16.5 Å². The van der Waals surface area contributed by atoms with E-state index in [2.05, 4.69) is 10.4 Å². The van der Waals surface area contributed by atoms with Crippen LogP contribution in [0, 0.1) is 23.7 Å². The number of hydrogen-bond donors (Lipinski definition) is 1. The maximum atomic E-state index is 13.1. The lowest BCUT2D eigenvalue weighted by Crippen LogP contribution is -2.55. The summed E-state index contributed by atoms with van der Waals surface area (Å²) in [5, 5.41) is 6.68. The van der Waals surface area contributed by atoms with Crippen molar-refractivity contribution in [3.63, 3.8) is 0 Å². The fourth-order valence-electron chi connectivity index (χ4n) is 5.98. The van der Waals surface area contributed by atoms with Gasteiger partial charge < -0.3 is 9.73 Å². The SMILES string of the molecule is O=C(NC1C2CC3CC(C2)CC1C3)c1ccc(Cn2nc(C(F)F)cc2C(F)F)o1. The summed E-state index contributed by atoms with van der Waals surface area (Å²) in [4.78, 5) is 12.7. The molecule has 0 atom stereocenters. The normalized spacial score (nSPS) is 29.9. The van der Waals surface area contributed by atoms with E-state index in [1.165, 1.54) is 44.2 Å². The molecule has 2 aromatic heterocycles. The van der Waals surface area contributed by atoms with Gasteiger partial charge in [0.2, 0.25) is 0 Å². The Balaban J connectivity index is 1.27. The summed E-state index contributed by atoms with van der Waals surface area (Å²) < 4.78 is 58.3. The van der Waals surface area contributed by atoms with Crippen LogP contribution in [-0.4, -0.2) is 21.7 Å². The standard InChI is InChI=1S/C21H23F4N3O2/c22-19(23)15-8-16(20(24)25)28(27-15)9-14-1-2-17(30-14)21(29)26-18-12-4-10-3-11(6-12)7-13(18)5-10/h1-2,8,10-13,18-20H,3-7,9H2,(H,26,29). The van der Waals surface area contributed by atoms with Crippen molar-refractivity contribution in [3.8, 4) is 0 Å². The average molecular weight is 425 g/mol. The van der Waals surface area contributed by atoms with Gasteiger partial charge in [-0.2, -0.15) is 5.10 Å². The molecule has 4 aliphatic carbocycles. The summed E-state index contributed by atoms with van der Waals surface area (Å²) in [6.07, 6.45) is 0.124. The van der Waals surface area contributed by atoms with Crippen molar-refractivity contribution in [2.75, 3.05) is 0 Å². The number of furan rings is 1. The highest BCUT2D eigenvalue weighted by molar-refractivity contribution is 5.91. The third-order valence-corrected chi connectivity index (χ3v) is 6.99. The molecular weight excluding hydrogens is 402 g/mol. The summed E-state index contributed by atoms with van der Waals surface area (Å²) in [5.74, 6) is 2.62. The minimum absolute atomic E-state index is 0.0960. The Hall–Kier alpha value is -2.32. The van der Waals surface area contributed by atoms with E-state index in [1.54, 1.807) is 0 Å². The average Bonchev–Trinajstić information content (AvgIpc) is 3.32. The minimum atomic E-state index is -2.94. The van der Waals surface area contributed by atoms with Crippen molar-refractivity contribution >= 4 is 5.91 Å². The Kier molecular flexibility index (Phi) is 4.86. The number of halogens is 4. The van der Waals surface area contributed by atoms with Gasteiger partial charge in [0.1, 0.15) is 17.1 Å². The highest BCUT2D eigenvalue weighted by Gasteiger charge is 2.48. The monoisotopic (exact) mass is 425 g/mol. The first kappa shape index (κ1) is 19.6. The van der Waals surface area contributed by atoms with Gasteiger partial charge in [0, 0.05) is 6.04 Å². The van der Waals surface area contributed by atoms with Crippen molar-refractivity contribution in [3.05, 3.63) is 41.1 Å². The van der Waals surface area contributed by atoms with Crippen LogP contribution in [0.2, 0.25) is 0 Å². The fraction of sp³-hybridized carbons (Fsp3) is 0.619. The topological polar surface area (TPSA) is 60.1 Å². The van der Waals surface area contributed by atoms with Crippen molar-refractivity contribution in [2.45, 2.75) is 57.5 Å². The van der Waals surface area contributed by atoms with Crippen LogP contribution in [0.1, 0.15) is 72.7 Å². The highest BCUT2D eigenvalue weighted by Crippen LogP contribution is 2.53. The Morgan fingerprint density at radius 1 is 1.07 bits per heavy atom. The van der Waals surface area contributed by atoms with Crippen LogP contribution in [0.5, 0.6) is 0 Å². The number of amides is 1. The zero-order valence-electron chi connectivity index (χ0n) is 16.2. The number of nitrogens with zero attached hydrogens (tertiary/aromatic N) is 2. The quantitative estimate of drug-likeness (QED) is 0.666. The molecule has 2 aromatic rings. The zero-order chi connectivity index (χ0) is 21.0. The lowest BCUT2D eigenvalue weighted by Gasteiger charge is -2.54. The van der Waals surface area contributed by atoms with E-state index < -0.39 is 24.2 Å². The van der Waals surface area contributed by atoms with Crippen LogP contribution in [0.4, 0.5) is 17.6 Å². The van der Waals surface area contributed by atoms with Crippen LogP contribution in [-0.2, 0) is 6.54 Å². The smallest absolute Gasteiger partial charge is 0.287 e. The molecule has 4 fully saturated rings. The summed E-state index contributed by atoms with van der Waals surface area (Å²) in [6, 6.07) is 3.83. The first-order chi connectivity index (χ1) is 14.4. The van der Waals surface area contributed by atoms with Gasteiger partial charge in [-0.05, 0) is 74.0 Å². The molecule has 1 N–H and O–H groups in total. The van der Waals surface area contributed by atoms with Crippen molar-refractivity contribution in [2.24, 2.45) is 23.7 Å². The fourth-order valence-corrected chi connectivity index (χ4v) is 5.98. The van der Waals surface area contributed by atoms with Crippen molar-refractivity contribution < 1.29 is 26.8 Å². The molecule has 9 heteroatoms. The minimum Gasteiger partial charge on any atom is -0.454 e. The highest BCUT2D eigenvalue weighted by atomic mass is 19.3. The van der Waals surface area contributed by atoms with Crippen LogP contribution >= 0.6 is 0 Å². The summed E-state index contributed by atoms with van der Waals surface area (Å²) in [7, 11) is 0. The van der Waals surface area contributed by atoms with Gasteiger partial charge in [-0.3, -0.25) is 9.48 Å². The first-order valence-corrected chi connectivity index (χ1v) is 10.4. The number of aromatic nitrogens is 2. The van der Waals surface area contributed by atoms with E-state index in [-0.39, 0.29) is 30.0 Å². The molecule has 0 aliphatic heterocycles. The van der Waals surface area contributed by atoms with Crippen LogP contribution in [0.3, 0.4) is 0 Å². The van der Waals surface area contributed by atoms with E-state index in [9.17, 15) is 22.4 Å². The molecule has 4 bridgehead atoms. The molecule has 30 heavy (non-hydrogen) atoms. The summed E-state index contributed by atoms with van der Waals surface area (Å²) in [5.41, 5.74) is -1.32. The molecule has 0 saturated heterocycles. The number of nitrogens with one attached hydrogen (secondary N) is 1. The number of rotatable bonds is 6. The van der Waals surface area contributed by atoms with Gasteiger partial charge in [-0.1, -0.05) is 0 Å². The molecule has 0 spiro atoms. The van der Waals surface area contributed by atoms with E-state index in [4.69, 9.17) is 4.42 Å². The Labute approximate surface area is 170 Å². The maximum Gasteiger partial charge on any atom is 0.287 e. The van der Waals surface area contributed by atoms with Crippen molar-refractivity contribution in [1.82, 2.24) is 15.1 Å². The Morgan fingerprint density at radius 3 is 2.33 bits per heavy atom. The molecule has 0 radical (unpaired) electrons. The predicted molar refractivity (Wildman–Crippen MR) is 98.3 cm³/mol. The number of carbonyl (C=O) groups is 1. The largest absolute Gasteiger partial charge is 0.454 e. The lowest BCUT2D eigenvalue weighted by molar-refractivity contribution is -0.0123. The van der Waals surface area contributed by atoms with Gasteiger partial charge in [0.05, 0.1) is 6.54 Å². The molecule has 1 amide bonds. The van der Waals surface area contributed by atoms with Gasteiger partial charge in [-0.15, -0.1) is 0 Å². The van der Waals surface area contributed by atoms with E-state index >= 15 is 0 Å². The lowest BCUT2D eigenvalue weighted by atomic mass is 9.54. The second kappa shape index (κ2) is 7.42. The van der Waals surface area contributed by atoms with E-state index in [0.29, 0.717) is 17.9 Å². The van der Waals surface area contributed by atoms with Crippen LogP contribution in [0.15, 0.2) is 22.6 Å². The van der Waals surface area contributed by atoms with Crippen molar-refractivity contribution in [1.29, 1.82) is 0 Å². The van der Waals surface area contributed by atoms with Gasteiger partial charge in [-0.25, -0.2) is 17.6 Å². The second-order valence-corrected chi connectivity index (χ2v) is 8.95. The summed E-state index contributed by atoms with van der Waals surface area (Å²) >= 11 is 0. The molecule has 4 aliphatic rings. The third-order valence-electron chi connectivity index (χ3n) is 6.99. The molecule has 4 saturated carbocycles. The van der Waals surface area contributed by atoms with Gasteiger partial charge >= 0.3 is 0 Å². The number of carbonyl (C=O) groups excluding carboxylic acids is 1. The second-order valence-electron chi connectivity index (χ2n) is 8.95. The van der Waals surface area contributed by atoms with Crippen LogP contribution < -0.4 is 5.32 Å². The third kappa shape index (κ3) is 3.52. The summed E-state index contributed by atoms with van der Waals surface area (Å²) in [6.45, 7) is -0.252. The maximum absolute atomic E-state index is 13.1. The Morgan fingerprint density at radius 2 is 1.73 bits per heavy atom. The van der Waals surface area contributed by atoms with Gasteiger partial charge in [0.15, 0.2) is 5.76 Å². The Bertz CT molecular complexity index is 911. The molecule has 0 aromatic carbocycles. The van der Waals surface area contributed by atoms with E-state index in [1.807, 2.05) is 0 Å². The predicted octanol–water partition coefficient (Wildman–Crippen LogP) is 4.95.